The first-order valence-corrected chi connectivity index (χ1v) is 10.2. The van der Waals surface area contributed by atoms with Crippen LogP contribution >= 0.6 is 0 Å². The molecule has 2 heterocycles. The van der Waals surface area contributed by atoms with Crippen molar-refractivity contribution in [2.24, 2.45) is 0 Å². The smallest absolute Gasteiger partial charge is 0.173 e. The largest absolute Gasteiger partial charge is 0.494 e. The molecule has 7 nitrogen and oxygen atoms in total. The van der Waals surface area contributed by atoms with Gasteiger partial charge in [0.2, 0.25) is 0 Å². The van der Waals surface area contributed by atoms with Crippen molar-refractivity contribution in [3.05, 3.63) is 35.7 Å². The predicted octanol–water partition coefficient (Wildman–Crippen LogP) is 2.52. The summed E-state index contributed by atoms with van der Waals surface area (Å²) < 4.78 is 7.73. The van der Waals surface area contributed by atoms with Crippen LogP contribution in [0.4, 0.5) is 0 Å². The Bertz CT molecular complexity index is 716. The van der Waals surface area contributed by atoms with E-state index in [-0.39, 0.29) is 6.04 Å². The summed E-state index contributed by atoms with van der Waals surface area (Å²) in [6, 6.07) is 8.98. The van der Waals surface area contributed by atoms with E-state index in [0.717, 1.165) is 37.8 Å². The third kappa shape index (κ3) is 3.99. The van der Waals surface area contributed by atoms with Gasteiger partial charge in [-0.15, -0.1) is 5.10 Å². The summed E-state index contributed by atoms with van der Waals surface area (Å²) >= 11 is 0. The Hall–Kier alpha value is -1.99. The summed E-state index contributed by atoms with van der Waals surface area (Å²) in [6.45, 7) is 6.87. The number of hydrogen-bond donors (Lipinski definition) is 0. The van der Waals surface area contributed by atoms with Crippen LogP contribution in [0.25, 0.3) is 0 Å². The number of piperazine rings is 1. The zero-order valence-corrected chi connectivity index (χ0v) is 16.4. The molecule has 4 rings (SSSR count). The van der Waals surface area contributed by atoms with E-state index in [4.69, 9.17) is 4.74 Å². The number of tetrazole rings is 1. The molecule has 1 aromatic carbocycles. The van der Waals surface area contributed by atoms with Gasteiger partial charge in [0.15, 0.2) is 5.82 Å². The van der Waals surface area contributed by atoms with Crippen molar-refractivity contribution in [1.29, 1.82) is 0 Å². The maximum Gasteiger partial charge on any atom is 0.173 e. The van der Waals surface area contributed by atoms with E-state index < -0.39 is 0 Å². The lowest BCUT2D eigenvalue weighted by Crippen LogP contribution is -2.46. The molecule has 146 valence electrons. The van der Waals surface area contributed by atoms with Crippen molar-refractivity contribution >= 4 is 0 Å². The van der Waals surface area contributed by atoms with Crippen LogP contribution in [0.3, 0.4) is 0 Å². The molecular weight excluding hydrogens is 340 g/mol. The van der Waals surface area contributed by atoms with Gasteiger partial charge in [0.25, 0.3) is 0 Å². The highest BCUT2D eigenvalue weighted by Crippen LogP contribution is 2.34. The highest BCUT2D eigenvalue weighted by molar-refractivity contribution is 5.32. The Labute approximate surface area is 161 Å². The van der Waals surface area contributed by atoms with Gasteiger partial charge in [0.1, 0.15) is 5.75 Å². The minimum Gasteiger partial charge on any atom is -0.494 e. The Morgan fingerprint density at radius 2 is 1.78 bits per heavy atom. The van der Waals surface area contributed by atoms with Crippen molar-refractivity contribution in [1.82, 2.24) is 30.0 Å². The summed E-state index contributed by atoms with van der Waals surface area (Å²) in [5.74, 6) is 1.89. The molecule has 0 N–H and O–H groups in total. The average Bonchev–Trinajstić information content (AvgIpc) is 3.37. The highest BCUT2D eigenvalue weighted by atomic mass is 16.5. The number of nitrogens with zero attached hydrogens (tertiary/aromatic N) is 6. The lowest BCUT2D eigenvalue weighted by atomic mass is 10.0. The summed E-state index contributed by atoms with van der Waals surface area (Å²) in [5, 5.41) is 13.0. The van der Waals surface area contributed by atoms with Gasteiger partial charge in [-0.2, -0.15) is 0 Å². The summed E-state index contributed by atoms with van der Waals surface area (Å²) in [5.41, 5.74) is 1.23. The molecule has 2 aliphatic rings. The number of ether oxygens (including phenoxy) is 1. The molecular formula is C20H30N6O. The van der Waals surface area contributed by atoms with E-state index in [1.165, 1.54) is 31.2 Å². The molecule has 0 radical (unpaired) electrons. The van der Waals surface area contributed by atoms with Gasteiger partial charge in [0.05, 0.1) is 18.7 Å². The molecule has 0 spiro atoms. The van der Waals surface area contributed by atoms with Crippen LogP contribution in [0.1, 0.15) is 56.1 Å². The molecule has 2 fully saturated rings. The van der Waals surface area contributed by atoms with Crippen LogP contribution in [0, 0.1) is 0 Å². The number of benzene rings is 1. The topological polar surface area (TPSA) is 59.3 Å². The second-order valence-corrected chi connectivity index (χ2v) is 7.66. The first-order valence-electron chi connectivity index (χ1n) is 10.2. The van der Waals surface area contributed by atoms with Crippen molar-refractivity contribution in [2.45, 2.75) is 44.7 Å². The molecule has 0 amide bonds. The summed E-state index contributed by atoms with van der Waals surface area (Å²) in [6.07, 6.45) is 4.89. The molecule has 1 aromatic heterocycles. The average molecular weight is 371 g/mol. The first kappa shape index (κ1) is 18.4. The van der Waals surface area contributed by atoms with Crippen molar-refractivity contribution < 1.29 is 4.74 Å². The van der Waals surface area contributed by atoms with Crippen LogP contribution in [-0.4, -0.2) is 69.8 Å². The van der Waals surface area contributed by atoms with Crippen LogP contribution in [0.15, 0.2) is 24.3 Å². The molecule has 7 heteroatoms. The molecule has 2 aromatic rings. The predicted molar refractivity (Wildman–Crippen MR) is 104 cm³/mol. The second kappa shape index (κ2) is 8.35. The Kier molecular flexibility index (Phi) is 5.69. The third-order valence-electron chi connectivity index (χ3n) is 5.84. The van der Waals surface area contributed by atoms with E-state index >= 15 is 0 Å². The quantitative estimate of drug-likeness (QED) is 0.779. The Morgan fingerprint density at radius 1 is 1.07 bits per heavy atom. The van der Waals surface area contributed by atoms with Crippen LogP contribution in [0.2, 0.25) is 0 Å². The van der Waals surface area contributed by atoms with Gasteiger partial charge >= 0.3 is 0 Å². The minimum absolute atomic E-state index is 0.0879. The lowest BCUT2D eigenvalue weighted by Gasteiger charge is -2.37. The van der Waals surface area contributed by atoms with E-state index in [0.29, 0.717) is 12.6 Å². The zero-order valence-electron chi connectivity index (χ0n) is 16.4. The minimum atomic E-state index is 0.0879. The summed E-state index contributed by atoms with van der Waals surface area (Å²) in [7, 11) is 2.19. The van der Waals surface area contributed by atoms with E-state index in [1.807, 2.05) is 6.92 Å². The maximum absolute atomic E-state index is 5.63. The third-order valence-corrected chi connectivity index (χ3v) is 5.84. The zero-order chi connectivity index (χ0) is 18.6. The molecule has 1 aliphatic carbocycles. The standard InChI is InChI=1S/C20H30N6O/c1-3-27-18-10-8-16(9-11-18)19(25-14-12-24(2)13-15-25)20-21-22-23-26(20)17-6-4-5-7-17/h8-11,17,19H,3-7,12-15H2,1-2H3/t19-/m0/s1. The van der Waals surface area contributed by atoms with Crippen molar-refractivity contribution in [3.8, 4) is 5.75 Å². The molecule has 1 saturated heterocycles. The van der Waals surface area contributed by atoms with E-state index in [2.05, 4.69) is 61.3 Å². The van der Waals surface area contributed by atoms with Gasteiger partial charge in [-0.1, -0.05) is 25.0 Å². The first-order chi connectivity index (χ1) is 13.3. The number of likely N-dealkylation sites (N-methyl/N-ethyl adjacent to an activating group) is 1. The van der Waals surface area contributed by atoms with E-state index in [9.17, 15) is 0 Å². The van der Waals surface area contributed by atoms with Gasteiger partial charge < -0.3 is 9.64 Å². The second-order valence-electron chi connectivity index (χ2n) is 7.66. The van der Waals surface area contributed by atoms with Crippen molar-refractivity contribution in [3.63, 3.8) is 0 Å². The lowest BCUT2D eigenvalue weighted by molar-refractivity contribution is 0.120. The number of rotatable bonds is 6. The normalized spacial score (nSPS) is 20.8. The van der Waals surface area contributed by atoms with Crippen LogP contribution < -0.4 is 4.74 Å². The molecule has 0 unspecified atom stereocenters. The monoisotopic (exact) mass is 370 g/mol. The Balaban J connectivity index is 1.67. The molecule has 0 bridgehead atoms. The molecule has 1 aliphatic heterocycles. The SMILES string of the molecule is CCOc1ccc([C@@H](c2nnnn2C2CCCC2)N2CCN(C)CC2)cc1. The van der Waals surface area contributed by atoms with Crippen LogP contribution in [-0.2, 0) is 0 Å². The fraction of sp³-hybridized carbons (Fsp3) is 0.650. The van der Waals surface area contributed by atoms with Gasteiger partial charge in [-0.25, -0.2) is 4.68 Å². The van der Waals surface area contributed by atoms with Gasteiger partial charge in [-0.3, -0.25) is 4.90 Å². The highest BCUT2D eigenvalue weighted by Gasteiger charge is 2.32. The maximum atomic E-state index is 5.63. The number of hydrogen-bond acceptors (Lipinski definition) is 6. The van der Waals surface area contributed by atoms with Gasteiger partial charge in [0, 0.05) is 26.2 Å². The molecule has 1 saturated carbocycles. The van der Waals surface area contributed by atoms with Crippen molar-refractivity contribution in [2.75, 3.05) is 39.8 Å². The number of aromatic nitrogens is 4. The van der Waals surface area contributed by atoms with Gasteiger partial charge in [-0.05, 0) is 54.9 Å². The Morgan fingerprint density at radius 3 is 2.44 bits per heavy atom. The fourth-order valence-electron chi connectivity index (χ4n) is 4.31. The summed E-state index contributed by atoms with van der Waals surface area (Å²) in [4.78, 5) is 4.90. The fourth-order valence-corrected chi connectivity index (χ4v) is 4.31. The van der Waals surface area contributed by atoms with E-state index in [1.54, 1.807) is 0 Å². The molecule has 1 atom stereocenters. The molecule has 27 heavy (non-hydrogen) atoms. The van der Waals surface area contributed by atoms with Crippen LogP contribution in [0.5, 0.6) is 5.75 Å².